The van der Waals surface area contributed by atoms with Gasteiger partial charge in [-0.2, -0.15) is 5.10 Å². The quantitative estimate of drug-likeness (QED) is 0.526. The number of fused-ring (bicyclic) bond motifs is 1. The van der Waals surface area contributed by atoms with Crippen LogP contribution in [0.4, 0.5) is 10.3 Å². The second-order valence-corrected chi connectivity index (χ2v) is 7.14. The highest BCUT2D eigenvalue weighted by atomic mass is 19.1. The van der Waals surface area contributed by atoms with Crippen LogP contribution in [0.1, 0.15) is 40.3 Å². The van der Waals surface area contributed by atoms with E-state index in [2.05, 4.69) is 26.8 Å². The molecule has 0 saturated carbocycles. The van der Waals surface area contributed by atoms with Gasteiger partial charge in [-0.3, -0.25) is 4.98 Å². The molecule has 0 amide bonds. The highest BCUT2D eigenvalue weighted by Gasteiger charge is 2.28. The fourth-order valence-electron chi connectivity index (χ4n) is 3.69. The van der Waals surface area contributed by atoms with E-state index in [0.29, 0.717) is 5.56 Å². The fourth-order valence-corrected chi connectivity index (χ4v) is 3.69. The molecule has 3 heterocycles. The molecule has 146 valence electrons. The first-order valence-electron chi connectivity index (χ1n) is 9.54. The molecule has 5 rings (SSSR count). The Hall–Kier alpha value is -4.05. The summed E-state index contributed by atoms with van der Waals surface area (Å²) < 4.78 is 15.5. The Kier molecular flexibility index (Phi) is 4.45. The summed E-state index contributed by atoms with van der Waals surface area (Å²) in [5.74, 6) is 6.17. The van der Waals surface area contributed by atoms with E-state index in [1.165, 1.54) is 11.6 Å². The van der Waals surface area contributed by atoms with Gasteiger partial charge in [0.25, 0.3) is 0 Å². The van der Waals surface area contributed by atoms with Crippen LogP contribution in [0, 0.1) is 17.7 Å². The summed E-state index contributed by atoms with van der Waals surface area (Å²) in [6.45, 7) is 0. The predicted octanol–water partition coefficient (Wildman–Crippen LogP) is 3.26. The lowest BCUT2D eigenvalue weighted by Crippen LogP contribution is -2.02. The zero-order chi connectivity index (χ0) is 20.5. The maximum absolute atomic E-state index is 13.7. The first-order valence-corrected chi connectivity index (χ1v) is 9.54. The van der Waals surface area contributed by atoms with Crippen molar-refractivity contribution in [2.24, 2.45) is 0 Å². The van der Waals surface area contributed by atoms with Gasteiger partial charge in [0.05, 0.1) is 23.1 Å². The topological polar surface area (TPSA) is 82.5 Å². The van der Waals surface area contributed by atoms with Crippen molar-refractivity contribution in [3.63, 3.8) is 0 Å². The Morgan fingerprint density at radius 3 is 2.70 bits per heavy atom. The number of hydrogen-bond donors (Lipinski definition) is 1. The smallest absolute Gasteiger partial charge is 0.219 e. The number of hydrogen-bond acceptors (Lipinski definition) is 5. The van der Waals surface area contributed by atoms with Gasteiger partial charge in [0.15, 0.2) is 0 Å². The zero-order valence-electron chi connectivity index (χ0n) is 16.0. The first kappa shape index (κ1) is 18.0. The molecule has 1 atom stereocenters. The summed E-state index contributed by atoms with van der Waals surface area (Å²) in [5, 5.41) is 4.79. The van der Waals surface area contributed by atoms with Crippen molar-refractivity contribution >= 4 is 5.95 Å². The van der Waals surface area contributed by atoms with Crippen molar-refractivity contribution in [2.75, 3.05) is 5.73 Å². The standard InChI is InChI=1S/C23H17FN6/c24-19-3-1-2-17(9-19)21-7-6-18-14-30(29-22(18)21)20-8-15(10-26-13-20)4-5-16-11-27-23(25)28-12-16/h1-3,8-14,21H,6-7H2,(H2,25,27,28)/t21-/m0/s1. The average Bonchev–Trinajstić information content (AvgIpc) is 3.35. The molecular formula is C23H17FN6. The minimum Gasteiger partial charge on any atom is -0.368 e. The molecular weight excluding hydrogens is 379 g/mol. The van der Waals surface area contributed by atoms with Gasteiger partial charge >= 0.3 is 0 Å². The van der Waals surface area contributed by atoms with E-state index >= 15 is 0 Å². The number of halogens is 1. The third-order valence-electron chi connectivity index (χ3n) is 5.12. The molecule has 0 radical (unpaired) electrons. The molecule has 3 aromatic heterocycles. The second kappa shape index (κ2) is 7.41. The van der Waals surface area contributed by atoms with E-state index in [0.717, 1.165) is 35.3 Å². The maximum atomic E-state index is 13.7. The zero-order valence-corrected chi connectivity index (χ0v) is 16.0. The number of aryl methyl sites for hydroxylation is 1. The third-order valence-corrected chi connectivity index (χ3v) is 5.12. The Labute approximate surface area is 172 Å². The molecule has 7 heteroatoms. The Bertz CT molecular complexity index is 1280. The largest absolute Gasteiger partial charge is 0.368 e. The van der Waals surface area contributed by atoms with E-state index in [-0.39, 0.29) is 17.7 Å². The summed E-state index contributed by atoms with van der Waals surface area (Å²) in [7, 11) is 0. The summed E-state index contributed by atoms with van der Waals surface area (Å²) in [5.41, 5.74) is 10.9. The number of rotatable bonds is 2. The minimum absolute atomic E-state index is 0.110. The van der Waals surface area contributed by atoms with Gasteiger partial charge in [-0.05, 0) is 42.2 Å². The lowest BCUT2D eigenvalue weighted by Gasteiger charge is -2.10. The molecule has 0 bridgehead atoms. The van der Waals surface area contributed by atoms with Crippen LogP contribution in [0.5, 0.6) is 0 Å². The van der Waals surface area contributed by atoms with Crippen LogP contribution < -0.4 is 5.73 Å². The van der Waals surface area contributed by atoms with Crippen LogP contribution >= 0.6 is 0 Å². The molecule has 0 fully saturated rings. The second-order valence-electron chi connectivity index (χ2n) is 7.14. The number of benzene rings is 1. The molecule has 30 heavy (non-hydrogen) atoms. The molecule has 1 aromatic carbocycles. The predicted molar refractivity (Wildman–Crippen MR) is 110 cm³/mol. The molecule has 6 nitrogen and oxygen atoms in total. The first-order chi connectivity index (χ1) is 14.7. The van der Waals surface area contributed by atoms with E-state index < -0.39 is 0 Å². The summed E-state index contributed by atoms with van der Waals surface area (Å²) in [4.78, 5) is 12.2. The van der Waals surface area contributed by atoms with Gasteiger partial charge in [-0.1, -0.05) is 24.0 Å². The summed E-state index contributed by atoms with van der Waals surface area (Å²) in [6.07, 6.45) is 10.5. The Balaban J connectivity index is 1.43. The van der Waals surface area contributed by atoms with Crippen LogP contribution in [0.3, 0.4) is 0 Å². The third kappa shape index (κ3) is 3.51. The van der Waals surface area contributed by atoms with Crippen LogP contribution in [-0.4, -0.2) is 24.7 Å². The van der Waals surface area contributed by atoms with Gasteiger partial charge in [-0.25, -0.2) is 19.0 Å². The van der Waals surface area contributed by atoms with E-state index in [1.54, 1.807) is 36.9 Å². The number of nitrogen functional groups attached to an aromatic ring is 1. The van der Waals surface area contributed by atoms with Crippen molar-refractivity contribution in [3.8, 4) is 17.5 Å². The van der Waals surface area contributed by atoms with Crippen LogP contribution in [0.15, 0.2) is 61.3 Å². The van der Waals surface area contributed by atoms with Crippen molar-refractivity contribution in [2.45, 2.75) is 18.8 Å². The molecule has 1 aliphatic rings. The summed E-state index contributed by atoms with van der Waals surface area (Å²) >= 11 is 0. The van der Waals surface area contributed by atoms with E-state index in [9.17, 15) is 4.39 Å². The van der Waals surface area contributed by atoms with Gasteiger partial charge in [0.1, 0.15) is 5.82 Å². The molecule has 0 aliphatic heterocycles. The van der Waals surface area contributed by atoms with Crippen LogP contribution in [0.2, 0.25) is 0 Å². The minimum atomic E-state index is -0.220. The van der Waals surface area contributed by atoms with Crippen LogP contribution in [-0.2, 0) is 6.42 Å². The molecule has 2 N–H and O–H groups in total. The monoisotopic (exact) mass is 396 g/mol. The van der Waals surface area contributed by atoms with Crippen molar-refractivity contribution in [1.29, 1.82) is 0 Å². The molecule has 0 spiro atoms. The Morgan fingerprint density at radius 1 is 1.03 bits per heavy atom. The number of anilines is 1. The summed E-state index contributed by atoms with van der Waals surface area (Å²) in [6, 6.07) is 8.69. The highest BCUT2D eigenvalue weighted by Crippen LogP contribution is 2.37. The SMILES string of the molecule is Nc1ncc(C#Cc2cncc(-n3cc4c(n3)[C@H](c3cccc(F)c3)CC4)c2)cn1. The molecule has 0 unspecified atom stereocenters. The van der Waals surface area contributed by atoms with Gasteiger partial charge < -0.3 is 5.73 Å². The maximum Gasteiger partial charge on any atom is 0.219 e. The normalized spacial score (nSPS) is 14.8. The number of pyridine rings is 1. The van der Waals surface area contributed by atoms with Gasteiger partial charge in [-0.15, -0.1) is 0 Å². The van der Waals surface area contributed by atoms with Crippen molar-refractivity contribution in [3.05, 3.63) is 95.1 Å². The number of aromatic nitrogens is 5. The highest BCUT2D eigenvalue weighted by molar-refractivity contribution is 5.46. The van der Waals surface area contributed by atoms with Gasteiger partial charge in [0, 0.05) is 36.3 Å². The molecule has 4 aromatic rings. The lowest BCUT2D eigenvalue weighted by atomic mass is 9.97. The van der Waals surface area contributed by atoms with E-state index in [4.69, 9.17) is 10.8 Å². The average molecular weight is 396 g/mol. The van der Waals surface area contributed by atoms with E-state index in [1.807, 2.05) is 23.0 Å². The molecule has 1 aliphatic carbocycles. The van der Waals surface area contributed by atoms with Crippen LogP contribution in [0.25, 0.3) is 5.69 Å². The van der Waals surface area contributed by atoms with Crippen molar-refractivity contribution < 1.29 is 4.39 Å². The van der Waals surface area contributed by atoms with Crippen molar-refractivity contribution in [1.82, 2.24) is 24.7 Å². The van der Waals surface area contributed by atoms with Gasteiger partial charge in [0.2, 0.25) is 5.95 Å². The lowest BCUT2D eigenvalue weighted by molar-refractivity contribution is 0.621. The number of nitrogens with two attached hydrogens (primary N) is 1. The fraction of sp³-hybridized carbons (Fsp3) is 0.130. The molecule has 0 saturated heterocycles. The number of nitrogens with zero attached hydrogens (tertiary/aromatic N) is 5. The Morgan fingerprint density at radius 2 is 1.87 bits per heavy atom.